The fourth-order valence-electron chi connectivity index (χ4n) is 2.05. The van der Waals surface area contributed by atoms with Crippen molar-refractivity contribution in [3.05, 3.63) is 52.8 Å². The molecule has 1 heterocycles. The monoisotopic (exact) mass is 341 g/mol. The van der Waals surface area contributed by atoms with Crippen molar-refractivity contribution in [2.45, 2.75) is 17.9 Å². The molecule has 22 heavy (non-hydrogen) atoms. The van der Waals surface area contributed by atoms with Crippen LogP contribution in [0.4, 0.5) is 0 Å². The van der Waals surface area contributed by atoms with Crippen LogP contribution in [0, 0.1) is 0 Å². The number of nitrogens with zero attached hydrogens (tertiary/aromatic N) is 1. The number of sulfonamides is 1. The summed E-state index contributed by atoms with van der Waals surface area (Å²) in [6.07, 6.45) is 1.64. The van der Waals surface area contributed by atoms with Gasteiger partial charge in [0.1, 0.15) is 5.69 Å². The zero-order chi connectivity index (χ0) is 16.5. The Labute approximate surface area is 133 Å². The van der Waals surface area contributed by atoms with Crippen LogP contribution < -0.4 is 10.5 Å². The van der Waals surface area contributed by atoms with Crippen molar-refractivity contribution < 1.29 is 13.2 Å². The molecule has 0 bridgehead atoms. The van der Waals surface area contributed by atoms with Crippen LogP contribution in [0.25, 0.3) is 0 Å². The van der Waals surface area contributed by atoms with Crippen molar-refractivity contribution in [1.82, 2.24) is 9.88 Å². The molecule has 6 nitrogen and oxygen atoms in total. The number of rotatable bonds is 4. The summed E-state index contributed by atoms with van der Waals surface area (Å²) in [7, 11) is -1.99. The van der Waals surface area contributed by atoms with Gasteiger partial charge in [0, 0.05) is 13.2 Å². The van der Waals surface area contributed by atoms with E-state index >= 15 is 0 Å². The SMILES string of the molecule is C[C@H](NC(=O)c1cc(Cl)cn1C)c1ccc(S(N)(=O)=O)cc1. The summed E-state index contributed by atoms with van der Waals surface area (Å²) in [5, 5.41) is 8.36. The van der Waals surface area contributed by atoms with Gasteiger partial charge in [0.05, 0.1) is 16.0 Å². The lowest BCUT2D eigenvalue weighted by molar-refractivity contribution is 0.0931. The Balaban J connectivity index is 2.14. The molecule has 1 amide bonds. The second-order valence-corrected chi connectivity index (χ2v) is 6.96. The lowest BCUT2D eigenvalue weighted by atomic mass is 10.1. The summed E-state index contributed by atoms with van der Waals surface area (Å²) in [5.41, 5.74) is 1.21. The number of benzene rings is 1. The summed E-state index contributed by atoms with van der Waals surface area (Å²) in [6, 6.07) is 7.33. The number of aryl methyl sites for hydroxylation is 1. The molecule has 1 aromatic heterocycles. The van der Waals surface area contributed by atoms with Gasteiger partial charge in [-0.2, -0.15) is 0 Å². The molecule has 8 heteroatoms. The van der Waals surface area contributed by atoms with Gasteiger partial charge in [-0.05, 0) is 30.7 Å². The number of amides is 1. The van der Waals surface area contributed by atoms with Crippen molar-refractivity contribution in [2.75, 3.05) is 0 Å². The molecule has 3 N–H and O–H groups in total. The third kappa shape index (κ3) is 3.68. The van der Waals surface area contributed by atoms with E-state index in [9.17, 15) is 13.2 Å². The van der Waals surface area contributed by atoms with E-state index in [0.717, 1.165) is 5.56 Å². The Hall–Kier alpha value is -1.83. The van der Waals surface area contributed by atoms with Crippen molar-refractivity contribution in [2.24, 2.45) is 12.2 Å². The number of halogens is 1. The zero-order valence-corrected chi connectivity index (χ0v) is 13.6. The largest absolute Gasteiger partial charge is 0.345 e. The lowest BCUT2D eigenvalue weighted by Gasteiger charge is -2.15. The lowest BCUT2D eigenvalue weighted by Crippen LogP contribution is -2.28. The molecular weight excluding hydrogens is 326 g/mol. The van der Waals surface area contributed by atoms with E-state index in [-0.39, 0.29) is 16.8 Å². The van der Waals surface area contributed by atoms with Crippen molar-refractivity contribution in [1.29, 1.82) is 0 Å². The number of nitrogens with two attached hydrogens (primary N) is 1. The molecule has 0 aliphatic rings. The zero-order valence-electron chi connectivity index (χ0n) is 12.1. The molecule has 0 aliphatic carbocycles. The van der Waals surface area contributed by atoms with Crippen LogP contribution in [-0.4, -0.2) is 18.9 Å². The Morgan fingerprint density at radius 2 is 1.91 bits per heavy atom. The molecule has 118 valence electrons. The number of aromatic nitrogens is 1. The van der Waals surface area contributed by atoms with Crippen molar-refractivity contribution in [3.63, 3.8) is 0 Å². The number of nitrogens with one attached hydrogen (secondary N) is 1. The van der Waals surface area contributed by atoms with Crippen LogP contribution in [0.5, 0.6) is 0 Å². The first-order chi connectivity index (χ1) is 10.2. The highest BCUT2D eigenvalue weighted by molar-refractivity contribution is 7.89. The maximum Gasteiger partial charge on any atom is 0.268 e. The van der Waals surface area contributed by atoms with Crippen LogP contribution in [0.2, 0.25) is 5.02 Å². The molecule has 0 unspecified atom stereocenters. The summed E-state index contributed by atoms with van der Waals surface area (Å²) in [6.45, 7) is 1.80. The third-order valence-corrected chi connectivity index (χ3v) is 4.40. The Morgan fingerprint density at radius 1 is 1.32 bits per heavy atom. The Morgan fingerprint density at radius 3 is 2.36 bits per heavy atom. The standard InChI is InChI=1S/C14H16ClN3O3S/c1-9(10-3-5-12(6-4-10)22(16,20)21)17-14(19)13-7-11(15)8-18(13)2/h3-9H,1-2H3,(H,17,19)(H2,16,20,21)/t9-/m0/s1. The summed E-state index contributed by atoms with van der Waals surface area (Å²) < 4.78 is 24.1. The fraction of sp³-hybridized carbons (Fsp3) is 0.214. The maximum absolute atomic E-state index is 12.2. The van der Waals surface area contributed by atoms with Gasteiger partial charge in [0.25, 0.3) is 5.91 Å². The van der Waals surface area contributed by atoms with Crippen LogP contribution in [0.3, 0.4) is 0 Å². The maximum atomic E-state index is 12.2. The number of hydrogen-bond acceptors (Lipinski definition) is 3. The van der Waals surface area contributed by atoms with E-state index in [2.05, 4.69) is 5.32 Å². The van der Waals surface area contributed by atoms with Gasteiger partial charge in [-0.15, -0.1) is 0 Å². The molecule has 0 saturated carbocycles. The van der Waals surface area contributed by atoms with Gasteiger partial charge in [-0.1, -0.05) is 23.7 Å². The third-order valence-electron chi connectivity index (χ3n) is 3.26. The number of primary sulfonamides is 1. The van der Waals surface area contributed by atoms with Gasteiger partial charge < -0.3 is 9.88 Å². The van der Waals surface area contributed by atoms with E-state index in [1.165, 1.54) is 12.1 Å². The van der Waals surface area contributed by atoms with Crippen LogP contribution in [0.1, 0.15) is 29.0 Å². The van der Waals surface area contributed by atoms with Crippen molar-refractivity contribution >= 4 is 27.5 Å². The van der Waals surface area contributed by atoms with Crippen molar-refractivity contribution in [3.8, 4) is 0 Å². The molecule has 0 spiro atoms. The average Bonchev–Trinajstić information content (AvgIpc) is 2.77. The smallest absolute Gasteiger partial charge is 0.268 e. The topological polar surface area (TPSA) is 94.2 Å². The number of carbonyl (C=O) groups excluding carboxylic acids is 1. The highest BCUT2D eigenvalue weighted by atomic mass is 35.5. The van der Waals surface area contributed by atoms with Gasteiger partial charge in [-0.3, -0.25) is 4.79 Å². The van der Waals surface area contributed by atoms with E-state index in [1.807, 2.05) is 0 Å². The Bertz CT molecular complexity index is 797. The molecule has 0 saturated heterocycles. The van der Waals surface area contributed by atoms with Gasteiger partial charge in [-0.25, -0.2) is 13.6 Å². The predicted octanol–water partition coefficient (Wildman–Crippen LogP) is 1.82. The van der Waals surface area contributed by atoms with Gasteiger partial charge in [0.15, 0.2) is 0 Å². The second-order valence-electron chi connectivity index (χ2n) is 4.96. The highest BCUT2D eigenvalue weighted by Crippen LogP contribution is 2.17. The first kappa shape index (κ1) is 16.5. The number of carbonyl (C=O) groups is 1. The molecule has 0 fully saturated rings. The quantitative estimate of drug-likeness (QED) is 0.888. The second kappa shape index (κ2) is 6.12. The molecule has 0 aliphatic heterocycles. The average molecular weight is 342 g/mol. The fourth-order valence-corrected chi connectivity index (χ4v) is 2.82. The first-order valence-electron chi connectivity index (χ1n) is 6.44. The minimum absolute atomic E-state index is 0.0315. The van der Waals surface area contributed by atoms with Crippen LogP contribution in [0.15, 0.2) is 41.4 Å². The van der Waals surface area contributed by atoms with E-state index in [0.29, 0.717) is 10.7 Å². The molecule has 2 rings (SSSR count). The molecule has 1 atom stereocenters. The normalized spacial score (nSPS) is 12.9. The predicted molar refractivity (Wildman–Crippen MR) is 84.1 cm³/mol. The molecular formula is C14H16ClN3O3S. The van der Waals surface area contributed by atoms with E-state index < -0.39 is 10.0 Å². The summed E-state index contributed by atoms with van der Waals surface area (Å²) in [5.74, 6) is -0.266. The Kier molecular flexibility index (Phi) is 4.60. The van der Waals surface area contributed by atoms with Crippen LogP contribution >= 0.6 is 11.6 Å². The molecule has 2 aromatic rings. The summed E-state index contributed by atoms with van der Waals surface area (Å²) >= 11 is 5.85. The van der Waals surface area contributed by atoms with Gasteiger partial charge in [0.2, 0.25) is 10.0 Å². The molecule has 0 radical (unpaired) electrons. The highest BCUT2D eigenvalue weighted by Gasteiger charge is 2.15. The number of hydrogen-bond donors (Lipinski definition) is 2. The van der Waals surface area contributed by atoms with Gasteiger partial charge >= 0.3 is 0 Å². The minimum atomic E-state index is -3.72. The van der Waals surface area contributed by atoms with E-state index in [4.69, 9.17) is 16.7 Å². The summed E-state index contributed by atoms with van der Waals surface area (Å²) in [4.78, 5) is 12.2. The van der Waals surface area contributed by atoms with Crippen LogP contribution in [-0.2, 0) is 17.1 Å². The van der Waals surface area contributed by atoms with E-state index in [1.54, 1.807) is 42.9 Å². The molecule has 1 aromatic carbocycles. The first-order valence-corrected chi connectivity index (χ1v) is 8.36. The minimum Gasteiger partial charge on any atom is -0.345 e.